The normalized spacial score (nSPS) is 18.3. The van der Waals surface area contributed by atoms with Gasteiger partial charge in [-0.2, -0.15) is 0 Å². The van der Waals surface area contributed by atoms with Crippen LogP contribution in [0, 0.1) is 0 Å². The third-order valence-corrected chi connectivity index (χ3v) is 3.03. The lowest BCUT2D eigenvalue weighted by atomic mass is 9.75. The fraction of sp³-hybridized carbons (Fsp3) is 0.538. The van der Waals surface area contributed by atoms with E-state index in [-0.39, 0.29) is 0 Å². The van der Waals surface area contributed by atoms with Crippen molar-refractivity contribution in [2.24, 2.45) is 0 Å². The summed E-state index contributed by atoms with van der Waals surface area (Å²) < 4.78 is 5.65. The molecule has 2 nitrogen and oxygen atoms in total. The molecule has 1 aromatic rings. The Kier molecular flexibility index (Phi) is 2.96. The summed E-state index contributed by atoms with van der Waals surface area (Å²) in [5.74, 6) is 0.849. The van der Waals surface area contributed by atoms with Gasteiger partial charge >= 0.3 is 0 Å². The van der Waals surface area contributed by atoms with E-state index < -0.39 is 5.60 Å². The standard InChI is InChI=1S/C13H18O2/c1-2-10-15-12-7-4-3-6-11(12)13(14)8-5-9-13/h3-4,6-7,14H,2,5,8-10H2,1H3. The topological polar surface area (TPSA) is 29.5 Å². The van der Waals surface area contributed by atoms with Crippen molar-refractivity contribution in [3.63, 3.8) is 0 Å². The maximum atomic E-state index is 10.3. The average molecular weight is 206 g/mol. The van der Waals surface area contributed by atoms with Gasteiger partial charge in [-0.25, -0.2) is 0 Å². The van der Waals surface area contributed by atoms with Crippen LogP contribution >= 0.6 is 0 Å². The summed E-state index contributed by atoms with van der Waals surface area (Å²) in [5, 5.41) is 10.3. The average Bonchev–Trinajstić information content (AvgIpc) is 2.23. The Morgan fingerprint density at radius 3 is 2.67 bits per heavy atom. The van der Waals surface area contributed by atoms with Crippen molar-refractivity contribution < 1.29 is 9.84 Å². The molecular weight excluding hydrogens is 188 g/mol. The molecule has 2 rings (SSSR count). The zero-order chi connectivity index (χ0) is 10.7. The number of aliphatic hydroxyl groups is 1. The van der Waals surface area contributed by atoms with Crippen LogP contribution in [0.1, 0.15) is 38.2 Å². The van der Waals surface area contributed by atoms with Crippen LogP contribution in [-0.4, -0.2) is 11.7 Å². The zero-order valence-electron chi connectivity index (χ0n) is 9.20. The molecule has 0 amide bonds. The van der Waals surface area contributed by atoms with Gasteiger partial charge in [-0.05, 0) is 31.7 Å². The number of para-hydroxylation sites is 1. The van der Waals surface area contributed by atoms with E-state index in [1.54, 1.807) is 0 Å². The molecule has 2 heteroatoms. The van der Waals surface area contributed by atoms with Crippen molar-refractivity contribution in [2.75, 3.05) is 6.61 Å². The van der Waals surface area contributed by atoms with Gasteiger partial charge in [0, 0.05) is 5.56 Å². The molecule has 0 atom stereocenters. The molecule has 1 saturated carbocycles. The lowest BCUT2D eigenvalue weighted by Crippen LogP contribution is -2.34. The van der Waals surface area contributed by atoms with Gasteiger partial charge in [0.1, 0.15) is 5.75 Å². The van der Waals surface area contributed by atoms with Gasteiger partial charge in [-0.15, -0.1) is 0 Å². The molecular formula is C13H18O2. The van der Waals surface area contributed by atoms with Crippen molar-refractivity contribution in [1.82, 2.24) is 0 Å². The minimum atomic E-state index is -0.621. The summed E-state index contributed by atoms with van der Waals surface area (Å²) in [7, 11) is 0. The summed E-state index contributed by atoms with van der Waals surface area (Å²) in [6.45, 7) is 2.80. The smallest absolute Gasteiger partial charge is 0.125 e. The molecule has 1 aromatic carbocycles. The van der Waals surface area contributed by atoms with E-state index in [1.165, 1.54) is 0 Å². The maximum absolute atomic E-state index is 10.3. The minimum absolute atomic E-state index is 0.621. The number of hydrogen-bond donors (Lipinski definition) is 1. The molecule has 0 heterocycles. The highest BCUT2D eigenvalue weighted by molar-refractivity contribution is 5.39. The Morgan fingerprint density at radius 1 is 1.33 bits per heavy atom. The van der Waals surface area contributed by atoms with E-state index in [0.29, 0.717) is 6.61 Å². The van der Waals surface area contributed by atoms with Crippen LogP contribution in [0.3, 0.4) is 0 Å². The fourth-order valence-corrected chi connectivity index (χ4v) is 1.97. The highest BCUT2D eigenvalue weighted by atomic mass is 16.5. The van der Waals surface area contributed by atoms with Crippen LogP contribution in [0.2, 0.25) is 0 Å². The SMILES string of the molecule is CCCOc1ccccc1C1(O)CCC1. The van der Waals surface area contributed by atoms with Gasteiger partial charge in [0.25, 0.3) is 0 Å². The summed E-state index contributed by atoms with van der Waals surface area (Å²) in [4.78, 5) is 0. The van der Waals surface area contributed by atoms with E-state index in [2.05, 4.69) is 6.92 Å². The van der Waals surface area contributed by atoms with Crippen LogP contribution in [-0.2, 0) is 5.60 Å². The fourth-order valence-electron chi connectivity index (χ4n) is 1.97. The van der Waals surface area contributed by atoms with Crippen LogP contribution in [0.15, 0.2) is 24.3 Å². The number of ether oxygens (including phenoxy) is 1. The summed E-state index contributed by atoms with van der Waals surface area (Å²) >= 11 is 0. The van der Waals surface area contributed by atoms with E-state index >= 15 is 0 Å². The quantitative estimate of drug-likeness (QED) is 0.820. The molecule has 1 aliphatic carbocycles. The van der Waals surface area contributed by atoms with E-state index in [0.717, 1.165) is 37.0 Å². The highest BCUT2D eigenvalue weighted by Gasteiger charge is 2.38. The highest BCUT2D eigenvalue weighted by Crippen LogP contribution is 2.44. The molecule has 82 valence electrons. The van der Waals surface area contributed by atoms with E-state index in [4.69, 9.17) is 4.74 Å². The summed E-state index contributed by atoms with van der Waals surface area (Å²) in [5.41, 5.74) is 0.342. The number of rotatable bonds is 4. The lowest BCUT2D eigenvalue weighted by molar-refractivity contribution is -0.0408. The van der Waals surface area contributed by atoms with Gasteiger partial charge in [0.05, 0.1) is 12.2 Å². The molecule has 1 aliphatic rings. The second-order valence-electron chi connectivity index (χ2n) is 4.23. The van der Waals surface area contributed by atoms with Gasteiger partial charge in [-0.1, -0.05) is 25.1 Å². The number of benzene rings is 1. The molecule has 0 aromatic heterocycles. The van der Waals surface area contributed by atoms with E-state index in [9.17, 15) is 5.11 Å². The van der Waals surface area contributed by atoms with E-state index in [1.807, 2.05) is 24.3 Å². The lowest BCUT2D eigenvalue weighted by Gasteiger charge is -2.37. The molecule has 0 radical (unpaired) electrons. The van der Waals surface area contributed by atoms with Gasteiger partial charge in [0.2, 0.25) is 0 Å². The molecule has 0 saturated heterocycles. The zero-order valence-corrected chi connectivity index (χ0v) is 9.20. The van der Waals surface area contributed by atoms with Crippen molar-refractivity contribution in [3.05, 3.63) is 29.8 Å². The first-order valence-electron chi connectivity index (χ1n) is 5.71. The predicted octanol–water partition coefficient (Wildman–Crippen LogP) is 2.85. The van der Waals surface area contributed by atoms with Crippen molar-refractivity contribution in [2.45, 2.75) is 38.2 Å². The Bertz CT molecular complexity index is 329. The van der Waals surface area contributed by atoms with Crippen LogP contribution < -0.4 is 4.74 Å². The molecule has 0 spiro atoms. The van der Waals surface area contributed by atoms with Crippen molar-refractivity contribution >= 4 is 0 Å². The molecule has 0 bridgehead atoms. The molecule has 1 N–H and O–H groups in total. The second-order valence-corrected chi connectivity index (χ2v) is 4.23. The largest absolute Gasteiger partial charge is 0.493 e. The molecule has 15 heavy (non-hydrogen) atoms. The predicted molar refractivity (Wildman–Crippen MR) is 60.0 cm³/mol. The molecule has 0 unspecified atom stereocenters. The van der Waals surface area contributed by atoms with Crippen molar-refractivity contribution in [1.29, 1.82) is 0 Å². The van der Waals surface area contributed by atoms with Gasteiger partial charge in [0.15, 0.2) is 0 Å². The minimum Gasteiger partial charge on any atom is -0.493 e. The van der Waals surface area contributed by atoms with Crippen LogP contribution in [0.4, 0.5) is 0 Å². The monoisotopic (exact) mass is 206 g/mol. The summed E-state index contributed by atoms with van der Waals surface area (Å²) in [6, 6.07) is 7.84. The Morgan fingerprint density at radius 2 is 2.07 bits per heavy atom. The third-order valence-electron chi connectivity index (χ3n) is 3.03. The van der Waals surface area contributed by atoms with Crippen LogP contribution in [0.5, 0.6) is 5.75 Å². The summed E-state index contributed by atoms with van der Waals surface area (Å²) in [6.07, 6.45) is 3.82. The van der Waals surface area contributed by atoms with Crippen molar-refractivity contribution in [3.8, 4) is 5.75 Å². The van der Waals surface area contributed by atoms with Gasteiger partial charge in [-0.3, -0.25) is 0 Å². The van der Waals surface area contributed by atoms with Gasteiger partial charge < -0.3 is 9.84 Å². The Balaban J connectivity index is 2.21. The Labute approximate surface area is 90.9 Å². The number of hydrogen-bond acceptors (Lipinski definition) is 2. The second kappa shape index (κ2) is 4.23. The maximum Gasteiger partial charge on any atom is 0.125 e. The first kappa shape index (κ1) is 10.5. The molecule has 0 aliphatic heterocycles. The first-order chi connectivity index (χ1) is 7.26. The third kappa shape index (κ3) is 2.00. The van der Waals surface area contributed by atoms with Crippen LogP contribution in [0.25, 0.3) is 0 Å². The Hall–Kier alpha value is -1.02. The first-order valence-corrected chi connectivity index (χ1v) is 5.71. The molecule has 1 fully saturated rings.